The first-order valence-electron chi connectivity index (χ1n) is 11.4. The molecule has 0 unspecified atom stereocenters. The number of hydrogen-bond acceptors (Lipinski definition) is 4. The Bertz CT molecular complexity index is 1370. The van der Waals surface area contributed by atoms with Crippen LogP contribution < -0.4 is 15.8 Å². The Hall–Kier alpha value is -3.64. The molecule has 34 heavy (non-hydrogen) atoms. The number of aromatic nitrogens is 2. The molecule has 5 rings (SSSR count). The molecule has 1 saturated heterocycles. The molecule has 4 aromatic rings. The van der Waals surface area contributed by atoms with Crippen molar-refractivity contribution in [1.29, 1.82) is 0 Å². The molecule has 1 aliphatic heterocycles. The molecular weight excluding hydrogens is 448 g/mol. The largest absolute Gasteiger partial charge is 0.366 e. The van der Waals surface area contributed by atoms with E-state index in [9.17, 15) is 9.59 Å². The predicted molar refractivity (Wildman–Crippen MR) is 136 cm³/mol. The molecule has 6 nitrogen and oxygen atoms in total. The fourth-order valence-corrected chi connectivity index (χ4v) is 4.86. The van der Waals surface area contributed by atoms with Gasteiger partial charge in [-0.3, -0.25) is 14.6 Å². The van der Waals surface area contributed by atoms with Gasteiger partial charge in [-0.15, -0.1) is 0 Å². The summed E-state index contributed by atoms with van der Waals surface area (Å²) in [6.45, 7) is 1.63. The molecule has 2 aromatic carbocycles. The van der Waals surface area contributed by atoms with Crippen molar-refractivity contribution in [2.24, 2.45) is 5.92 Å². The number of fused-ring (bicyclic) bond motifs is 1. The third-order valence-corrected chi connectivity index (χ3v) is 6.55. The molecule has 0 saturated carbocycles. The number of anilines is 1. The molecule has 1 amide bonds. The Balaban J connectivity index is 1.49. The van der Waals surface area contributed by atoms with Crippen molar-refractivity contribution in [3.8, 4) is 11.1 Å². The van der Waals surface area contributed by atoms with Crippen LogP contribution in [-0.4, -0.2) is 29.0 Å². The smallest absolute Gasteiger partial charge is 0.272 e. The summed E-state index contributed by atoms with van der Waals surface area (Å²) in [4.78, 5) is 35.5. The zero-order valence-corrected chi connectivity index (χ0v) is 19.4. The average molecular weight is 473 g/mol. The van der Waals surface area contributed by atoms with E-state index in [4.69, 9.17) is 11.6 Å². The van der Waals surface area contributed by atoms with Crippen molar-refractivity contribution in [3.05, 3.63) is 94.0 Å². The second-order valence-electron chi connectivity index (χ2n) is 8.60. The quantitative estimate of drug-likeness (QED) is 0.438. The first-order chi connectivity index (χ1) is 16.6. The van der Waals surface area contributed by atoms with Crippen molar-refractivity contribution in [2.75, 3.05) is 18.0 Å². The Morgan fingerprint density at radius 1 is 1.15 bits per heavy atom. The van der Waals surface area contributed by atoms with Crippen molar-refractivity contribution in [3.63, 3.8) is 0 Å². The second-order valence-corrected chi connectivity index (χ2v) is 9.03. The van der Waals surface area contributed by atoms with E-state index >= 15 is 0 Å². The second kappa shape index (κ2) is 9.69. The Morgan fingerprint density at radius 3 is 2.79 bits per heavy atom. The number of pyridine rings is 2. The van der Waals surface area contributed by atoms with E-state index in [1.54, 1.807) is 18.5 Å². The van der Waals surface area contributed by atoms with Gasteiger partial charge in [-0.2, -0.15) is 0 Å². The van der Waals surface area contributed by atoms with Crippen LogP contribution in [0.3, 0.4) is 0 Å². The highest BCUT2D eigenvalue weighted by atomic mass is 35.5. The van der Waals surface area contributed by atoms with E-state index in [-0.39, 0.29) is 17.4 Å². The van der Waals surface area contributed by atoms with Crippen molar-refractivity contribution in [2.45, 2.75) is 19.4 Å². The van der Waals surface area contributed by atoms with Gasteiger partial charge in [0.2, 0.25) is 5.91 Å². The molecule has 0 bridgehead atoms. The molecule has 172 valence electrons. The van der Waals surface area contributed by atoms with Gasteiger partial charge in [0.25, 0.3) is 5.56 Å². The lowest BCUT2D eigenvalue weighted by Gasteiger charge is -2.34. The number of halogens is 1. The number of nitrogens with one attached hydrogen (secondary N) is 2. The topological polar surface area (TPSA) is 78.1 Å². The van der Waals surface area contributed by atoms with Gasteiger partial charge in [-0.05, 0) is 48.2 Å². The molecule has 1 fully saturated rings. The lowest BCUT2D eigenvalue weighted by atomic mass is 9.94. The normalized spacial score (nSPS) is 15.9. The maximum Gasteiger partial charge on any atom is 0.272 e. The number of nitrogens with zero attached hydrogens (tertiary/aromatic N) is 2. The van der Waals surface area contributed by atoms with Gasteiger partial charge < -0.3 is 15.2 Å². The number of carbonyl (C=O) groups is 1. The van der Waals surface area contributed by atoms with Gasteiger partial charge in [-0.1, -0.05) is 48.0 Å². The zero-order chi connectivity index (χ0) is 23.5. The van der Waals surface area contributed by atoms with Crippen LogP contribution in [0.2, 0.25) is 5.02 Å². The predicted octanol–water partition coefficient (Wildman–Crippen LogP) is 4.78. The lowest BCUT2D eigenvalue weighted by Crippen LogP contribution is -2.44. The highest BCUT2D eigenvalue weighted by molar-refractivity contribution is 6.31. The summed E-state index contributed by atoms with van der Waals surface area (Å²) in [5.74, 6) is -0.210. The zero-order valence-electron chi connectivity index (χ0n) is 18.6. The molecule has 0 spiro atoms. The highest BCUT2D eigenvalue weighted by Gasteiger charge is 2.29. The Labute approximate surface area is 202 Å². The molecule has 3 heterocycles. The van der Waals surface area contributed by atoms with Crippen molar-refractivity contribution < 1.29 is 4.79 Å². The summed E-state index contributed by atoms with van der Waals surface area (Å²) >= 11 is 6.34. The van der Waals surface area contributed by atoms with Gasteiger partial charge >= 0.3 is 0 Å². The highest BCUT2D eigenvalue weighted by Crippen LogP contribution is 2.37. The van der Waals surface area contributed by atoms with E-state index in [2.05, 4.69) is 20.2 Å². The van der Waals surface area contributed by atoms with Gasteiger partial charge in [-0.25, -0.2) is 0 Å². The third-order valence-electron chi connectivity index (χ3n) is 6.31. The first kappa shape index (κ1) is 22.2. The minimum atomic E-state index is -0.205. The maximum absolute atomic E-state index is 13.4. The summed E-state index contributed by atoms with van der Waals surface area (Å²) in [5, 5.41) is 4.52. The SMILES string of the molecule is O=C(NCc1cccnc1)[C@@H]1CCCN(c2c(-c3ccccc3)c3cc(Cl)ccc3[nH]c2=O)C1. The monoisotopic (exact) mass is 472 g/mol. The van der Waals surface area contributed by atoms with Crippen molar-refractivity contribution >= 4 is 34.1 Å². The molecule has 1 atom stereocenters. The summed E-state index contributed by atoms with van der Waals surface area (Å²) < 4.78 is 0. The fourth-order valence-electron chi connectivity index (χ4n) is 4.68. The number of benzene rings is 2. The number of rotatable bonds is 5. The minimum Gasteiger partial charge on any atom is -0.366 e. The molecule has 0 radical (unpaired) electrons. The van der Waals surface area contributed by atoms with Crippen LogP contribution in [0.15, 0.2) is 77.9 Å². The Morgan fingerprint density at radius 2 is 2.00 bits per heavy atom. The van der Waals surface area contributed by atoms with E-state index in [1.807, 2.05) is 54.6 Å². The first-order valence-corrected chi connectivity index (χ1v) is 11.8. The lowest BCUT2D eigenvalue weighted by molar-refractivity contribution is -0.125. The number of hydrogen-bond donors (Lipinski definition) is 2. The summed E-state index contributed by atoms with van der Waals surface area (Å²) in [6.07, 6.45) is 5.07. The van der Waals surface area contributed by atoms with Gasteiger partial charge in [0.1, 0.15) is 5.69 Å². The van der Waals surface area contributed by atoms with Crippen LogP contribution in [0.4, 0.5) is 5.69 Å². The number of aromatic amines is 1. The molecule has 2 aromatic heterocycles. The van der Waals surface area contributed by atoms with Gasteiger partial charge in [0.05, 0.1) is 5.92 Å². The molecular formula is C27H25ClN4O2. The van der Waals surface area contributed by atoms with Crippen LogP contribution in [0.25, 0.3) is 22.0 Å². The minimum absolute atomic E-state index is 0.00456. The van der Waals surface area contributed by atoms with Crippen LogP contribution in [0.5, 0.6) is 0 Å². The molecule has 1 aliphatic rings. The summed E-state index contributed by atoms with van der Waals surface area (Å²) in [6, 6.07) is 19.2. The van der Waals surface area contributed by atoms with Crippen LogP contribution in [0.1, 0.15) is 18.4 Å². The number of carbonyl (C=O) groups excluding carboxylic acids is 1. The van der Waals surface area contributed by atoms with Crippen LogP contribution in [-0.2, 0) is 11.3 Å². The number of piperidine rings is 1. The molecule has 2 N–H and O–H groups in total. The van der Waals surface area contributed by atoms with E-state index < -0.39 is 0 Å². The van der Waals surface area contributed by atoms with E-state index in [0.29, 0.717) is 30.3 Å². The van der Waals surface area contributed by atoms with E-state index in [0.717, 1.165) is 40.4 Å². The summed E-state index contributed by atoms with van der Waals surface area (Å²) in [7, 11) is 0. The third kappa shape index (κ3) is 4.54. The van der Waals surface area contributed by atoms with Crippen LogP contribution >= 0.6 is 11.6 Å². The maximum atomic E-state index is 13.4. The summed E-state index contributed by atoms with van der Waals surface area (Å²) in [5.41, 5.74) is 3.91. The van der Waals surface area contributed by atoms with E-state index in [1.165, 1.54) is 0 Å². The standard InChI is InChI=1S/C27H25ClN4O2/c28-21-10-11-23-22(14-21)24(19-7-2-1-3-8-19)25(27(34)31-23)32-13-5-9-20(17-32)26(33)30-16-18-6-4-12-29-15-18/h1-4,6-8,10-12,14-15,20H,5,9,13,16-17H2,(H,30,33)(H,31,34)/t20-/m1/s1. The Kier molecular flexibility index (Phi) is 6.32. The molecule has 0 aliphatic carbocycles. The fraction of sp³-hybridized carbons (Fsp3) is 0.222. The van der Waals surface area contributed by atoms with Crippen molar-refractivity contribution in [1.82, 2.24) is 15.3 Å². The van der Waals surface area contributed by atoms with Crippen LogP contribution in [0, 0.1) is 5.92 Å². The van der Waals surface area contributed by atoms with Gasteiger partial charge in [0.15, 0.2) is 0 Å². The average Bonchev–Trinajstić information content (AvgIpc) is 2.88. The number of H-pyrrole nitrogens is 1. The molecule has 7 heteroatoms. The van der Waals surface area contributed by atoms with Gasteiger partial charge in [0, 0.05) is 53.5 Å². The number of amides is 1.